The molecule has 0 saturated heterocycles. The van der Waals surface area contributed by atoms with Gasteiger partial charge in [0.1, 0.15) is 11.9 Å². The van der Waals surface area contributed by atoms with E-state index in [4.69, 9.17) is 9.84 Å². The van der Waals surface area contributed by atoms with Crippen LogP contribution in [0.2, 0.25) is 0 Å². The van der Waals surface area contributed by atoms with Gasteiger partial charge in [-0.1, -0.05) is 0 Å². The standard InChI is InChI=1S/C17H23N3O3/c1-11-14-10-19-20-15(14)5-6-16(11)23-13-4-2-3-12(9-13)18-8-7-17(21)22/h5-6,10,12-13,18H,2-4,7-9H2,1H3,(H,19,20)(H,21,22)/t12-,13+/m0/s1. The van der Waals surface area contributed by atoms with Crippen molar-refractivity contribution in [3.63, 3.8) is 0 Å². The van der Waals surface area contributed by atoms with Crippen molar-refractivity contribution in [3.05, 3.63) is 23.9 Å². The van der Waals surface area contributed by atoms with E-state index in [1.165, 1.54) is 0 Å². The van der Waals surface area contributed by atoms with Crippen LogP contribution < -0.4 is 10.1 Å². The zero-order valence-corrected chi connectivity index (χ0v) is 13.3. The van der Waals surface area contributed by atoms with E-state index in [0.29, 0.717) is 12.6 Å². The van der Waals surface area contributed by atoms with Gasteiger partial charge >= 0.3 is 5.97 Å². The first-order valence-corrected chi connectivity index (χ1v) is 8.18. The van der Waals surface area contributed by atoms with Crippen LogP contribution in [0.3, 0.4) is 0 Å². The summed E-state index contributed by atoms with van der Waals surface area (Å²) in [6, 6.07) is 4.33. The van der Waals surface area contributed by atoms with Crippen LogP contribution in [0.25, 0.3) is 10.9 Å². The normalized spacial score (nSPS) is 21.4. The number of aliphatic carboxylic acids is 1. The molecule has 2 aromatic rings. The zero-order chi connectivity index (χ0) is 16.2. The second-order valence-corrected chi connectivity index (χ2v) is 6.22. The van der Waals surface area contributed by atoms with Crippen LogP contribution in [0, 0.1) is 6.92 Å². The van der Waals surface area contributed by atoms with Crippen LogP contribution >= 0.6 is 0 Å². The van der Waals surface area contributed by atoms with Crippen molar-refractivity contribution in [3.8, 4) is 5.75 Å². The van der Waals surface area contributed by atoms with E-state index in [9.17, 15) is 4.79 Å². The highest BCUT2D eigenvalue weighted by atomic mass is 16.5. The molecule has 1 fully saturated rings. The van der Waals surface area contributed by atoms with Crippen LogP contribution in [0.1, 0.15) is 37.7 Å². The van der Waals surface area contributed by atoms with Crippen molar-refractivity contribution < 1.29 is 14.6 Å². The zero-order valence-electron chi connectivity index (χ0n) is 13.3. The fraction of sp³-hybridized carbons (Fsp3) is 0.529. The Morgan fingerprint density at radius 3 is 3.17 bits per heavy atom. The molecule has 1 heterocycles. The van der Waals surface area contributed by atoms with Crippen molar-refractivity contribution in [2.75, 3.05) is 6.54 Å². The third kappa shape index (κ3) is 3.82. The Morgan fingerprint density at radius 2 is 2.35 bits per heavy atom. The maximum Gasteiger partial charge on any atom is 0.304 e. The molecule has 124 valence electrons. The number of aromatic nitrogens is 2. The third-order valence-corrected chi connectivity index (χ3v) is 4.54. The lowest BCUT2D eigenvalue weighted by Gasteiger charge is -2.30. The molecular weight excluding hydrogens is 294 g/mol. The molecule has 2 atom stereocenters. The number of aryl methyl sites for hydroxylation is 1. The van der Waals surface area contributed by atoms with Gasteiger partial charge in [-0.15, -0.1) is 0 Å². The second kappa shape index (κ2) is 7.00. The molecule has 0 bridgehead atoms. The van der Waals surface area contributed by atoms with Gasteiger partial charge in [-0.05, 0) is 44.7 Å². The molecule has 1 saturated carbocycles. The monoisotopic (exact) mass is 317 g/mol. The molecule has 3 rings (SSSR count). The number of fused-ring (bicyclic) bond motifs is 1. The molecule has 23 heavy (non-hydrogen) atoms. The predicted molar refractivity (Wildman–Crippen MR) is 87.8 cm³/mol. The first-order valence-electron chi connectivity index (χ1n) is 8.18. The molecular formula is C17H23N3O3. The van der Waals surface area contributed by atoms with Gasteiger partial charge in [0, 0.05) is 23.5 Å². The second-order valence-electron chi connectivity index (χ2n) is 6.22. The molecule has 0 unspecified atom stereocenters. The van der Waals surface area contributed by atoms with Crippen molar-refractivity contribution >= 4 is 16.9 Å². The average Bonchev–Trinajstić information content (AvgIpc) is 3.00. The summed E-state index contributed by atoms with van der Waals surface area (Å²) in [4.78, 5) is 10.6. The quantitative estimate of drug-likeness (QED) is 0.762. The Labute approximate surface area is 135 Å². The lowest BCUT2D eigenvalue weighted by atomic mass is 9.92. The number of rotatable bonds is 6. The maximum absolute atomic E-state index is 10.6. The topological polar surface area (TPSA) is 87.2 Å². The summed E-state index contributed by atoms with van der Waals surface area (Å²) in [7, 11) is 0. The molecule has 1 aromatic carbocycles. The van der Waals surface area contributed by atoms with Crippen LogP contribution in [0.15, 0.2) is 18.3 Å². The smallest absolute Gasteiger partial charge is 0.304 e. The number of benzene rings is 1. The molecule has 0 amide bonds. The first-order chi connectivity index (χ1) is 11.1. The third-order valence-electron chi connectivity index (χ3n) is 4.54. The molecule has 1 aromatic heterocycles. The van der Waals surface area contributed by atoms with Gasteiger partial charge < -0.3 is 15.2 Å². The number of hydrogen-bond donors (Lipinski definition) is 3. The number of nitrogens with one attached hydrogen (secondary N) is 2. The Bertz CT molecular complexity index is 683. The number of ether oxygens (including phenoxy) is 1. The number of hydrogen-bond acceptors (Lipinski definition) is 4. The van der Waals surface area contributed by atoms with Crippen LogP contribution in [-0.4, -0.2) is 40.0 Å². The molecule has 0 radical (unpaired) electrons. The molecule has 1 aliphatic rings. The predicted octanol–water partition coefficient (Wildman–Crippen LogP) is 2.63. The fourth-order valence-electron chi connectivity index (χ4n) is 3.27. The van der Waals surface area contributed by atoms with E-state index >= 15 is 0 Å². The van der Waals surface area contributed by atoms with Gasteiger partial charge in [0.15, 0.2) is 0 Å². The Balaban J connectivity index is 1.60. The van der Waals surface area contributed by atoms with Gasteiger partial charge in [0.25, 0.3) is 0 Å². The van der Waals surface area contributed by atoms with E-state index < -0.39 is 5.97 Å². The highest BCUT2D eigenvalue weighted by molar-refractivity contribution is 5.83. The van der Waals surface area contributed by atoms with Crippen LogP contribution in [0.4, 0.5) is 0 Å². The van der Waals surface area contributed by atoms with E-state index in [2.05, 4.69) is 22.4 Å². The molecule has 3 N–H and O–H groups in total. The van der Waals surface area contributed by atoms with E-state index in [1.807, 2.05) is 18.3 Å². The lowest BCUT2D eigenvalue weighted by Crippen LogP contribution is -2.39. The molecule has 1 aliphatic carbocycles. The minimum atomic E-state index is -0.759. The van der Waals surface area contributed by atoms with Gasteiger partial charge in [-0.2, -0.15) is 5.10 Å². The number of nitrogens with zero attached hydrogens (tertiary/aromatic N) is 1. The first kappa shape index (κ1) is 15.8. The molecule has 0 aliphatic heterocycles. The number of H-pyrrole nitrogens is 1. The average molecular weight is 317 g/mol. The lowest BCUT2D eigenvalue weighted by molar-refractivity contribution is -0.136. The molecule has 6 nitrogen and oxygen atoms in total. The Morgan fingerprint density at radius 1 is 1.48 bits per heavy atom. The van der Waals surface area contributed by atoms with Crippen LogP contribution in [0.5, 0.6) is 5.75 Å². The Kier molecular flexibility index (Phi) is 4.81. The van der Waals surface area contributed by atoms with E-state index in [-0.39, 0.29) is 12.5 Å². The largest absolute Gasteiger partial charge is 0.490 e. The van der Waals surface area contributed by atoms with Crippen molar-refractivity contribution in [2.45, 2.75) is 51.2 Å². The number of carboxylic acid groups (broad SMARTS) is 1. The molecule has 0 spiro atoms. The summed E-state index contributed by atoms with van der Waals surface area (Å²) in [5, 5.41) is 20.2. The van der Waals surface area contributed by atoms with Gasteiger partial charge in [0.2, 0.25) is 0 Å². The highest BCUT2D eigenvalue weighted by Gasteiger charge is 2.23. The summed E-state index contributed by atoms with van der Waals surface area (Å²) in [5.41, 5.74) is 2.13. The fourth-order valence-corrected chi connectivity index (χ4v) is 3.27. The summed E-state index contributed by atoms with van der Waals surface area (Å²) in [6.07, 6.45) is 6.31. The maximum atomic E-state index is 10.6. The van der Waals surface area contributed by atoms with Gasteiger partial charge in [-0.3, -0.25) is 9.89 Å². The van der Waals surface area contributed by atoms with E-state index in [0.717, 1.165) is 47.9 Å². The van der Waals surface area contributed by atoms with Crippen molar-refractivity contribution in [1.29, 1.82) is 0 Å². The van der Waals surface area contributed by atoms with E-state index in [1.54, 1.807) is 0 Å². The Hall–Kier alpha value is -2.08. The molecule has 6 heteroatoms. The SMILES string of the molecule is Cc1c(O[C@@H]2CCC[C@H](NCCC(=O)O)C2)ccc2[nH]ncc12. The number of carbonyl (C=O) groups is 1. The number of carboxylic acids is 1. The summed E-state index contributed by atoms with van der Waals surface area (Å²) >= 11 is 0. The summed E-state index contributed by atoms with van der Waals surface area (Å²) < 4.78 is 6.22. The van der Waals surface area contributed by atoms with Crippen LogP contribution in [-0.2, 0) is 4.79 Å². The highest BCUT2D eigenvalue weighted by Crippen LogP contribution is 2.29. The van der Waals surface area contributed by atoms with Crippen molar-refractivity contribution in [1.82, 2.24) is 15.5 Å². The van der Waals surface area contributed by atoms with Gasteiger partial charge in [0.05, 0.1) is 18.1 Å². The minimum absolute atomic E-state index is 0.165. The summed E-state index contributed by atoms with van der Waals surface area (Å²) in [5.74, 6) is 0.153. The minimum Gasteiger partial charge on any atom is -0.490 e. The summed E-state index contributed by atoms with van der Waals surface area (Å²) in [6.45, 7) is 2.57. The van der Waals surface area contributed by atoms with Gasteiger partial charge in [-0.25, -0.2) is 0 Å². The van der Waals surface area contributed by atoms with Crippen molar-refractivity contribution in [2.24, 2.45) is 0 Å². The number of aromatic amines is 1.